The summed E-state index contributed by atoms with van der Waals surface area (Å²) in [5, 5.41) is 10.4. The summed E-state index contributed by atoms with van der Waals surface area (Å²) in [6.07, 6.45) is 1.11. The van der Waals surface area contributed by atoms with E-state index in [1.807, 2.05) is 48.5 Å². The molecule has 0 aliphatic heterocycles. The van der Waals surface area contributed by atoms with Gasteiger partial charge in [-0.2, -0.15) is 0 Å². The second-order valence-electron chi connectivity index (χ2n) is 8.60. The van der Waals surface area contributed by atoms with Crippen LogP contribution in [0, 0.1) is 0 Å². The summed E-state index contributed by atoms with van der Waals surface area (Å²) >= 11 is 0. The Labute approximate surface area is 205 Å². The molecular formula is C28H31N3O4. The van der Waals surface area contributed by atoms with Crippen molar-refractivity contribution in [3.63, 3.8) is 0 Å². The topological polar surface area (TPSA) is 76.8 Å². The highest BCUT2D eigenvalue weighted by atomic mass is 16.5. The molecule has 0 saturated heterocycles. The Hall–Kier alpha value is -3.68. The lowest BCUT2D eigenvalue weighted by Crippen LogP contribution is -2.34. The number of hydrogen-bond donors (Lipinski definition) is 1. The van der Waals surface area contributed by atoms with Crippen molar-refractivity contribution in [2.45, 2.75) is 26.1 Å². The number of aromatic nitrogens is 2. The first-order valence-corrected chi connectivity index (χ1v) is 11.7. The summed E-state index contributed by atoms with van der Waals surface area (Å²) in [6, 6.07) is 23.4. The van der Waals surface area contributed by atoms with Crippen LogP contribution < -0.4 is 15.0 Å². The van der Waals surface area contributed by atoms with E-state index in [2.05, 4.69) is 22.0 Å². The molecule has 7 nitrogen and oxygen atoms in total. The molecule has 4 rings (SSSR count). The van der Waals surface area contributed by atoms with Crippen molar-refractivity contribution in [3.8, 4) is 11.5 Å². The van der Waals surface area contributed by atoms with Gasteiger partial charge in [-0.3, -0.25) is 14.3 Å². The lowest BCUT2D eigenvalue weighted by Gasteiger charge is -2.24. The monoisotopic (exact) mass is 473 g/mol. The van der Waals surface area contributed by atoms with E-state index < -0.39 is 6.10 Å². The zero-order valence-electron chi connectivity index (χ0n) is 20.1. The van der Waals surface area contributed by atoms with Crippen molar-refractivity contribution >= 4 is 10.9 Å². The molecule has 1 aromatic heterocycles. The molecule has 0 fully saturated rings. The Morgan fingerprint density at radius 3 is 2.34 bits per heavy atom. The molecule has 0 spiro atoms. The molecule has 0 aliphatic carbocycles. The number of ether oxygens (including phenoxy) is 2. The number of rotatable bonds is 11. The third-order valence-electron chi connectivity index (χ3n) is 5.74. The first-order valence-electron chi connectivity index (χ1n) is 11.7. The first-order chi connectivity index (χ1) is 17.0. The number of hydrogen-bond acceptors (Lipinski definition) is 6. The first kappa shape index (κ1) is 24.4. The van der Waals surface area contributed by atoms with Crippen LogP contribution in [0.4, 0.5) is 0 Å². The molecule has 182 valence electrons. The van der Waals surface area contributed by atoms with Gasteiger partial charge in [0.1, 0.15) is 6.61 Å². The van der Waals surface area contributed by atoms with E-state index in [1.165, 1.54) is 5.56 Å². The van der Waals surface area contributed by atoms with Crippen LogP contribution in [0.3, 0.4) is 0 Å². The average molecular weight is 474 g/mol. The van der Waals surface area contributed by atoms with Gasteiger partial charge in [-0.25, -0.2) is 4.98 Å². The van der Waals surface area contributed by atoms with E-state index in [0.717, 1.165) is 5.56 Å². The smallest absolute Gasteiger partial charge is 0.261 e. The molecule has 35 heavy (non-hydrogen) atoms. The molecule has 1 atom stereocenters. The van der Waals surface area contributed by atoms with Gasteiger partial charge in [-0.15, -0.1) is 0 Å². The molecule has 1 unspecified atom stereocenters. The number of nitrogens with zero attached hydrogens (tertiary/aromatic N) is 3. The fraction of sp³-hybridized carbons (Fsp3) is 0.286. The summed E-state index contributed by atoms with van der Waals surface area (Å²) in [5.41, 5.74) is 2.62. The van der Waals surface area contributed by atoms with Gasteiger partial charge < -0.3 is 14.6 Å². The molecule has 1 heterocycles. The Bertz CT molecular complexity index is 1290. The predicted molar refractivity (Wildman–Crippen MR) is 137 cm³/mol. The Morgan fingerprint density at radius 1 is 1.00 bits per heavy atom. The fourth-order valence-corrected chi connectivity index (χ4v) is 4.07. The zero-order valence-corrected chi connectivity index (χ0v) is 20.1. The summed E-state index contributed by atoms with van der Waals surface area (Å²) in [5.74, 6) is 1.02. The van der Waals surface area contributed by atoms with Crippen molar-refractivity contribution in [1.29, 1.82) is 0 Å². The average Bonchev–Trinajstić information content (AvgIpc) is 2.86. The van der Waals surface area contributed by atoms with Crippen LogP contribution in [0.15, 0.2) is 83.9 Å². The van der Waals surface area contributed by atoms with Gasteiger partial charge in [0.2, 0.25) is 0 Å². The molecule has 0 bridgehead atoms. The van der Waals surface area contributed by atoms with E-state index in [4.69, 9.17) is 9.47 Å². The molecular weight excluding hydrogens is 442 g/mol. The van der Waals surface area contributed by atoms with Crippen LogP contribution in [-0.2, 0) is 13.1 Å². The van der Waals surface area contributed by atoms with Crippen molar-refractivity contribution in [1.82, 2.24) is 14.5 Å². The molecule has 0 saturated carbocycles. The highest BCUT2D eigenvalue weighted by Crippen LogP contribution is 2.30. The predicted octanol–water partition coefficient (Wildman–Crippen LogP) is 3.72. The molecule has 0 amide bonds. The minimum Gasteiger partial charge on any atom is -0.493 e. The van der Waals surface area contributed by atoms with Gasteiger partial charge in [0.25, 0.3) is 5.56 Å². The standard InChI is InChI=1S/C28H31N3O4/c1-21(32)17-30(18-22-9-5-3-6-10-22)13-14-35-27-15-24-25(16-26(27)34-2)29-20-31(28(24)33)19-23-11-7-4-8-12-23/h3-12,15-16,20-21,32H,13-14,17-19H2,1-2H3. The van der Waals surface area contributed by atoms with Gasteiger partial charge in [0, 0.05) is 25.7 Å². The molecule has 1 N–H and O–H groups in total. The maximum atomic E-state index is 13.2. The molecule has 0 radical (unpaired) electrons. The van der Waals surface area contributed by atoms with Gasteiger partial charge in [-0.05, 0) is 24.1 Å². The van der Waals surface area contributed by atoms with Crippen LogP contribution >= 0.6 is 0 Å². The number of methoxy groups -OCH3 is 1. The highest BCUT2D eigenvalue weighted by Gasteiger charge is 2.14. The van der Waals surface area contributed by atoms with E-state index in [9.17, 15) is 9.90 Å². The molecule has 7 heteroatoms. The number of fused-ring (bicyclic) bond motifs is 1. The van der Waals surface area contributed by atoms with Crippen molar-refractivity contribution in [2.24, 2.45) is 0 Å². The normalized spacial score (nSPS) is 12.1. The minimum absolute atomic E-state index is 0.133. The van der Waals surface area contributed by atoms with Gasteiger partial charge >= 0.3 is 0 Å². The van der Waals surface area contributed by atoms with E-state index in [-0.39, 0.29) is 5.56 Å². The van der Waals surface area contributed by atoms with Crippen LogP contribution in [-0.4, -0.2) is 52.5 Å². The zero-order chi connectivity index (χ0) is 24.6. The molecule has 4 aromatic rings. The second kappa shape index (κ2) is 11.6. The van der Waals surface area contributed by atoms with E-state index in [1.54, 1.807) is 37.1 Å². The lowest BCUT2D eigenvalue weighted by atomic mass is 10.2. The van der Waals surface area contributed by atoms with Crippen molar-refractivity contribution in [2.75, 3.05) is 26.8 Å². The van der Waals surface area contributed by atoms with Crippen molar-refractivity contribution < 1.29 is 14.6 Å². The Kier molecular flexibility index (Phi) is 8.13. The fourth-order valence-electron chi connectivity index (χ4n) is 4.07. The number of aliphatic hydroxyl groups excluding tert-OH is 1. The van der Waals surface area contributed by atoms with Gasteiger partial charge in [0.05, 0.1) is 37.0 Å². The van der Waals surface area contributed by atoms with Crippen LogP contribution in [0.1, 0.15) is 18.1 Å². The quantitative estimate of drug-likeness (QED) is 0.358. The largest absolute Gasteiger partial charge is 0.493 e. The SMILES string of the molecule is COc1cc2ncn(Cc3ccccc3)c(=O)c2cc1OCCN(Cc1ccccc1)CC(C)O. The number of benzene rings is 3. The summed E-state index contributed by atoms with van der Waals surface area (Å²) in [6.45, 7) is 4.43. The maximum absolute atomic E-state index is 13.2. The number of aliphatic hydroxyl groups is 1. The van der Waals surface area contributed by atoms with Crippen LogP contribution in [0.2, 0.25) is 0 Å². The Balaban J connectivity index is 1.52. The van der Waals surface area contributed by atoms with E-state index >= 15 is 0 Å². The maximum Gasteiger partial charge on any atom is 0.261 e. The summed E-state index contributed by atoms with van der Waals surface area (Å²) < 4.78 is 13.2. The highest BCUT2D eigenvalue weighted by molar-refractivity contribution is 5.81. The van der Waals surface area contributed by atoms with Gasteiger partial charge in [-0.1, -0.05) is 60.7 Å². The summed E-state index contributed by atoms with van der Waals surface area (Å²) in [7, 11) is 1.57. The van der Waals surface area contributed by atoms with Crippen molar-refractivity contribution in [3.05, 3.63) is 101 Å². The van der Waals surface area contributed by atoms with E-state index in [0.29, 0.717) is 55.2 Å². The van der Waals surface area contributed by atoms with Crippen LogP contribution in [0.5, 0.6) is 11.5 Å². The minimum atomic E-state index is -0.455. The third kappa shape index (κ3) is 6.47. The van der Waals surface area contributed by atoms with Gasteiger partial charge in [0.15, 0.2) is 11.5 Å². The molecule has 3 aromatic carbocycles. The molecule has 0 aliphatic rings. The third-order valence-corrected chi connectivity index (χ3v) is 5.74. The lowest BCUT2D eigenvalue weighted by molar-refractivity contribution is 0.110. The Morgan fingerprint density at radius 2 is 1.69 bits per heavy atom. The summed E-state index contributed by atoms with van der Waals surface area (Å²) in [4.78, 5) is 19.8. The second-order valence-corrected chi connectivity index (χ2v) is 8.60. The van der Waals surface area contributed by atoms with Crippen LogP contribution in [0.25, 0.3) is 10.9 Å².